The fourth-order valence-electron chi connectivity index (χ4n) is 3.05. The first kappa shape index (κ1) is 18.9. The van der Waals surface area contributed by atoms with Crippen LogP contribution in [-0.2, 0) is 7.05 Å². The van der Waals surface area contributed by atoms with E-state index in [2.05, 4.69) is 29.2 Å². The Labute approximate surface area is 160 Å². The van der Waals surface area contributed by atoms with Crippen molar-refractivity contribution in [3.05, 3.63) is 72.8 Å². The van der Waals surface area contributed by atoms with E-state index in [4.69, 9.17) is 4.74 Å². The third kappa shape index (κ3) is 5.55. The standard InChI is InChI=1S/C23H26N2O2/c1-25-17-16-24-23(25)22(26)11-7-2-3-8-18-27-21-14-12-20(13-15-21)19-9-5-4-6-10-19/h4-6,9-10,12-17H,2-3,7-8,11,18H2,1H3. The number of hydrogen-bond donors (Lipinski definition) is 0. The summed E-state index contributed by atoms with van der Waals surface area (Å²) in [6.45, 7) is 0.706. The Kier molecular flexibility index (Phi) is 6.80. The lowest BCUT2D eigenvalue weighted by Crippen LogP contribution is -2.07. The molecule has 0 fully saturated rings. The summed E-state index contributed by atoms with van der Waals surface area (Å²) in [7, 11) is 1.85. The number of carbonyl (C=O) groups is 1. The molecule has 0 amide bonds. The van der Waals surface area contributed by atoms with Crippen LogP contribution in [0.3, 0.4) is 0 Å². The molecule has 0 bridgehead atoms. The van der Waals surface area contributed by atoms with Crippen molar-refractivity contribution in [3.63, 3.8) is 0 Å². The summed E-state index contributed by atoms with van der Waals surface area (Å²) in [6, 6.07) is 18.6. The fraction of sp³-hybridized carbons (Fsp3) is 0.304. The number of Topliss-reactive ketones (excluding diaryl/α,β-unsaturated/α-hetero) is 1. The highest BCUT2D eigenvalue weighted by molar-refractivity contribution is 5.92. The Balaban J connectivity index is 1.30. The van der Waals surface area contributed by atoms with Crippen LogP contribution in [-0.4, -0.2) is 21.9 Å². The van der Waals surface area contributed by atoms with E-state index in [0.717, 1.165) is 31.4 Å². The molecule has 0 aliphatic rings. The Hall–Kier alpha value is -2.88. The van der Waals surface area contributed by atoms with Crippen LogP contribution in [0, 0.1) is 0 Å². The van der Waals surface area contributed by atoms with Crippen molar-refractivity contribution in [3.8, 4) is 16.9 Å². The summed E-state index contributed by atoms with van der Waals surface area (Å²) >= 11 is 0. The first-order valence-corrected chi connectivity index (χ1v) is 9.53. The van der Waals surface area contributed by atoms with Crippen molar-refractivity contribution in [1.82, 2.24) is 9.55 Å². The summed E-state index contributed by atoms with van der Waals surface area (Å²) in [5.41, 5.74) is 2.41. The van der Waals surface area contributed by atoms with Gasteiger partial charge in [-0.25, -0.2) is 4.98 Å². The number of rotatable bonds is 10. The molecular weight excluding hydrogens is 336 g/mol. The topological polar surface area (TPSA) is 44.1 Å². The number of nitrogens with zero attached hydrogens (tertiary/aromatic N) is 2. The smallest absolute Gasteiger partial charge is 0.198 e. The molecule has 1 aromatic heterocycles. The number of carbonyl (C=O) groups excluding carboxylic acids is 1. The van der Waals surface area contributed by atoms with Crippen molar-refractivity contribution >= 4 is 5.78 Å². The molecule has 140 valence electrons. The zero-order valence-electron chi connectivity index (χ0n) is 15.8. The second kappa shape index (κ2) is 9.72. The molecule has 0 aliphatic heterocycles. The van der Waals surface area contributed by atoms with Crippen LogP contribution in [0.4, 0.5) is 0 Å². The van der Waals surface area contributed by atoms with Gasteiger partial charge < -0.3 is 9.30 Å². The molecule has 1 heterocycles. The van der Waals surface area contributed by atoms with E-state index in [-0.39, 0.29) is 5.78 Å². The van der Waals surface area contributed by atoms with E-state index in [1.807, 2.05) is 37.4 Å². The molecule has 4 heteroatoms. The fourth-order valence-corrected chi connectivity index (χ4v) is 3.05. The Bertz CT molecular complexity index is 838. The first-order valence-electron chi connectivity index (χ1n) is 9.53. The van der Waals surface area contributed by atoms with Crippen LogP contribution >= 0.6 is 0 Å². The van der Waals surface area contributed by atoms with Gasteiger partial charge in [-0.2, -0.15) is 0 Å². The Morgan fingerprint density at radius 3 is 2.33 bits per heavy atom. The molecule has 4 nitrogen and oxygen atoms in total. The number of aromatic nitrogens is 2. The monoisotopic (exact) mass is 362 g/mol. The zero-order chi connectivity index (χ0) is 18.9. The molecule has 3 rings (SSSR count). The van der Waals surface area contributed by atoms with E-state index >= 15 is 0 Å². The molecule has 0 saturated heterocycles. The molecule has 0 aliphatic carbocycles. The first-order chi connectivity index (χ1) is 13.2. The van der Waals surface area contributed by atoms with Gasteiger partial charge in [0, 0.05) is 25.9 Å². The predicted molar refractivity (Wildman–Crippen MR) is 108 cm³/mol. The van der Waals surface area contributed by atoms with Crippen molar-refractivity contribution in [1.29, 1.82) is 0 Å². The van der Waals surface area contributed by atoms with E-state index in [0.29, 0.717) is 18.9 Å². The highest BCUT2D eigenvalue weighted by atomic mass is 16.5. The van der Waals surface area contributed by atoms with Crippen LogP contribution in [0.5, 0.6) is 5.75 Å². The largest absolute Gasteiger partial charge is 0.494 e. The van der Waals surface area contributed by atoms with Crippen molar-refractivity contribution in [2.75, 3.05) is 6.61 Å². The summed E-state index contributed by atoms with van der Waals surface area (Å²) in [6.07, 6.45) is 8.03. The van der Waals surface area contributed by atoms with Gasteiger partial charge in [-0.3, -0.25) is 4.79 Å². The average Bonchev–Trinajstić information content (AvgIpc) is 3.14. The number of ketones is 1. The van der Waals surface area contributed by atoms with E-state index in [9.17, 15) is 4.79 Å². The van der Waals surface area contributed by atoms with Crippen LogP contribution in [0.15, 0.2) is 67.0 Å². The Morgan fingerprint density at radius 2 is 1.63 bits per heavy atom. The summed E-state index contributed by atoms with van der Waals surface area (Å²) in [4.78, 5) is 16.1. The summed E-state index contributed by atoms with van der Waals surface area (Å²) in [5.74, 6) is 1.58. The lowest BCUT2D eigenvalue weighted by Gasteiger charge is -2.07. The number of benzene rings is 2. The minimum atomic E-state index is 0.122. The quantitative estimate of drug-likeness (QED) is 0.363. The van der Waals surface area contributed by atoms with Gasteiger partial charge >= 0.3 is 0 Å². The lowest BCUT2D eigenvalue weighted by molar-refractivity contribution is 0.0966. The molecular formula is C23H26N2O2. The van der Waals surface area contributed by atoms with Crippen LogP contribution in [0.1, 0.15) is 42.7 Å². The third-order valence-electron chi connectivity index (χ3n) is 4.60. The van der Waals surface area contributed by atoms with Crippen LogP contribution in [0.2, 0.25) is 0 Å². The molecule has 27 heavy (non-hydrogen) atoms. The van der Waals surface area contributed by atoms with Crippen LogP contribution < -0.4 is 4.74 Å². The molecule has 2 aromatic carbocycles. The maximum Gasteiger partial charge on any atom is 0.198 e. The van der Waals surface area contributed by atoms with Crippen molar-refractivity contribution < 1.29 is 9.53 Å². The van der Waals surface area contributed by atoms with Gasteiger partial charge in [0.15, 0.2) is 11.6 Å². The minimum Gasteiger partial charge on any atom is -0.494 e. The minimum absolute atomic E-state index is 0.122. The van der Waals surface area contributed by atoms with Crippen molar-refractivity contribution in [2.45, 2.75) is 32.1 Å². The second-order valence-corrected chi connectivity index (χ2v) is 6.69. The van der Waals surface area contributed by atoms with E-state index in [1.54, 1.807) is 17.0 Å². The van der Waals surface area contributed by atoms with Crippen LogP contribution in [0.25, 0.3) is 11.1 Å². The number of unbranched alkanes of at least 4 members (excludes halogenated alkanes) is 3. The number of aryl methyl sites for hydroxylation is 1. The maximum absolute atomic E-state index is 12.0. The molecule has 0 N–H and O–H groups in total. The zero-order valence-corrected chi connectivity index (χ0v) is 15.8. The maximum atomic E-state index is 12.0. The third-order valence-corrected chi connectivity index (χ3v) is 4.60. The molecule has 0 saturated carbocycles. The SMILES string of the molecule is Cn1ccnc1C(=O)CCCCCCOc1ccc(-c2ccccc2)cc1. The number of ether oxygens (including phenoxy) is 1. The van der Waals surface area contributed by atoms with Gasteiger partial charge in [-0.1, -0.05) is 55.3 Å². The summed E-state index contributed by atoms with van der Waals surface area (Å²) in [5, 5.41) is 0. The second-order valence-electron chi connectivity index (χ2n) is 6.69. The molecule has 0 radical (unpaired) electrons. The Morgan fingerprint density at radius 1 is 0.926 bits per heavy atom. The van der Waals surface area contributed by atoms with E-state index < -0.39 is 0 Å². The molecule has 0 spiro atoms. The van der Waals surface area contributed by atoms with Crippen molar-refractivity contribution in [2.24, 2.45) is 7.05 Å². The van der Waals surface area contributed by atoms with Gasteiger partial charge in [0.2, 0.25) is 0 Å². The number of imidazole rings is 1. The summed E-state index contributed by atoms with van der Waals surface area (Å²) < 4.78 is 7.60. The highest BCUT2D eigenvalue weighted by Gasteiger charge is 2.09. The van der Waals surface area contributed by atoms with Gasteiger partial charge in [-0.05, 0) is 36.1 Å². The normalized spacial score (nSPS) is 10.7. The lowest BCUT2D eigenvalue weighted by atomic mass is 10.1. The molecule has 0 atom stereocenters. The van der Waals surface area contributed by atoms with E-state index in [1.165, 1.54) is 11.1 Å². The average molecular weight is 362 g/mol. The predicted octanol–water partition coefficient (Wildman–Crippen LogP) is 5.30. The highest BCUT2D eigenvalue weighted by Crippen LogP contribution is 2.22. The van der Waals surface area contributed by atoms with Gasteiger partial charge in [0.05, 0.1) is 6.61 Å². The van der Waals surface area contributed by atoms with Gasteiger partial charge in [0.1, 0.15) is 5.75 Å². The van der Waals surface area contributed by atoms with Gasteiger partial charge in [0.25, 0.3) is 0 Å². The molecule has 3 aromatic rings. The molecule has 0 unspecified atom stereocenters. The number of hydrogen-bond acceptors (Lipinski definition) is 3. The van der Waals surface area contributed by atoms with Gasteiger partial charge in [-0.15, -0.1) is 0 Å².